The van der Waals surface area contributed by atoms with Crippen molar-refractivity contribution >= 4 is 11.8 Å². The van der Waals surface area contributed by atoms with Gasteiger partial charge in [0.05, 0.1) is 0 Å². The van der Waals surface area contributed by atoms with Gasteiger partial charge in [-0.1, -0.05) is 36.9 Å². The van der Waals surface area contributed by atoms with Crippen LogP contribution in [0.3, 0.4) is 0 Å². The Balaban J connectivity index is 1.41. The van der Waals surface area contributed by atoms with E-state index in [1.54, 1.807) is 4.90 Å². The number of hydrogen-bond acceptors (Lipinski definition) is 3. The topological polar surface area (TPSA) is 52.7 Å². The fraction of sp³-hybridized carbons (Fsp3) is 0.474. The number of nitrogens with zero attached hydrogens (tertiary/aromatic N) is 2. The van der Waals surface area contributed by atoms with E-state index in [0.717, 1.165) is 32.5 Å². The predicted molar refractivity (Wildman–Crippen MR) is 93.2 cm³/mol. The van der Waals surface area contributed by atoms with Gasteiger partial charge in [0.25, 0.3) is 0 Å². The normalized spacial score (nSPS) is 23.6. The number of nitrogens with one attached hydrogen (secondary N) is 1. The smallest absolute Gasteiger partial charge is 0.246 e. The molecule has 5 nitrogen and oxygen atoms in total. The lowest BCUT2D eigenvalue weighted by molar-refractivity contribution is -0.143. The number of amides is 2. The van der Waals surface area contributed by atoms with Crippen LogP contribution >= 0.6 is 0 Å². The molecule has 0 spiro atoms. The number of rotatable bonds is 6. The van der Waals surface area contributed by atoms with Crippen molar-refractivity contribution in [2.24, 2.45) is 5.92 Å². The van der Waals surface area contributed by atoms with Crippen molar-refractivity contribution in [1.29, 1.82) is 0 Å². The summed E-state index contributed by atoms with van der Waals surface area (Å²) in [6.45, 7) is 7.87. The van der Waals surface area contributed by atoms with Crippen molar-refractivity contribution < 1.29 is 9.59 Å². The molecule has 2 heterocycles. The van der Waals surface area contributed by atoms with E-state index in [1.165, 1.54) is 11.6 Å². The Morgan fingerprint density at radius 2 is 2.00 bits per heavy atom. The molecule has 5 heteroatoms. The van der Waals surface area contributed by atoms with Crippen LogP contribution in [0.2, 0.25) is 0 Å². The third kappa shape index (κ3) is 3.85. The lowest BCUT2D eigenvalue weighted by atomic mass is 10.0. The van der Waals surface area contributed by atoms with E-state index in [2.05, 4.69) is 41.1 Å². The second-order valence-corrected chi connectivity index (χ2v) is 6.66. The highest BCUT2D eigenvalue weighted by Crippen LogP contribution is 2.20. The molecule has 1 aromatic rings. The van der Waals surface area contributed by atoms with Crippen molar-refractivity contribution in [1.82, 2.24) is 15.1 Å². The van der Waals surface area contributed by atoms with E-state index in [0.29, 0.717) is 19.0 Å². The van der Waals surface area contributed by atoms with Gasteiger partial charge in [0.1, 0.15) is 6.04 Å². The van der Waals surface area contributed by atoms with Gasteiger partial charge in [-0.05, 0) is 36.9 Å². The SMILES string of the molecule is C=CC(=O)N1CCC1C(=O)NCC1CCN(Cc2ccccc2)C1. The second-order valence-electron chi connectivity index (χ2n) is 6.66. The summed E-state index contributed by atoms with van der Waals surface area (Å²) in [6, 6.07) is 10.2. The zero-order valence-corrected chi connectivity index (χ0v) is 14.0. The third-order valence-electron chi connectivity index (χ3n) is 4.96. The molecule has 0 aliphatic carbocycles. The van der Waals surface area contributed by atoms with Crippen LogP contribution in [0.1, 0.15) is 18.4 Å². The number of likely N-dealkylation sites (tertiary alicyclic amines) is 2. The van der Waals surface area contributed by atoms with Crippen molar-refractivity contribution in [3.63, 3.8) is 0 Å². The predicted octanol–water partition coefficient (Wildman–Crippen LogP) is 1.41. The molecule has 2 amide bonds. The maximum Gasteiger partial charge on any atom is 0.246 e. The van der Waals surface area contributed by atoms with Crippen molar-refractivity contribution in [2.75, 3.05) is 26.2 Å². The Bertz CT molecular complexity index is 602. The van der Waals surface area contributed by atoms with Gasteiger partial charge in [-0.25, -0.2) is 0 Å². The average Bonchev–Trinajstić information content (AvgIpc) is 3.00. The maximum atomic E-state index is 12.2. The fourth-order valence-corrected chi connectivity index (χ4v) is 3.47. The molecule has 3 rings (SSSR count). The van der Waals surface area contributed by atoms with Crippen LogP contribution in [-0.4, -0.2) is 53.8 Å². The summed E-state index contributed by atoms with van der Waals surface area (Å²) in [5.41, 5.74) is 1.33. The molecule has 2 fully saturated rings. The van der Waals surface area contributed by atoms with E-state index in [1.807, 2.05) is 6.07 Å². The van der Waals surface area contributed by atoms with Crippen LogP contribution < -0.4 is 5.32 Å². The molecule has 2 atom stereocenters. The summed E-state index contributed by atoms with van der Waals surface area (Å²) in [6.07, 6.45) is 3.13. The van der Waals surface area contributed by atoms with E-state index < -0.39 is 0 Å². The molecule has 0 bridgehead atoms. The van der Waals surface area contributed by atoms with Crippen LogP contribution in [0.25, 0.3) is 0 Å². The maximum absolute atomic E-state index is 12.2. The summed E-state index contributed by atoms with van der Waals surface area (Å²) in [5.74, 6) is 0.301. The van der Waals surface area contributed by atoms with Crippen LogP contribution in [0, 0.1) is 5.92 Å². The van der Waals surface area contributed by atoms with Crippen LogP contribution in [0.4, 0.5) is 0 Å². The van der Waals surface area contributed by atoms with E-state index in [-0.39, 0.29) is 17.9 Å². The van der Waals surface area contributed by atoms with E-state index >= 15 is 0 Å². The first-order valence-electron chi connectivity index (χ1n) is 8.64. The molecular weight excluding hydrogens is 302 g/mol. The van der Waals surface area contributed by atoms with Gasteiger partial charge in [-0.2, -0.15) is 0 Å². The van der Waals surface area contributed by atoms with Gasteiger partial charge in [0, 0.05) is 26.2 Å². The van der Waals surface area contributed by atoms with Crippen molar-refractivity contribution in [2.45, 2.75) is 25.4 Å². The van der Waals surface area contributed by atoms with Crippen LogP contribution in [0.15, 0.2) is 43.0 Å². The highest BCUT2D eigenvalue weighted by Gasteiger charge is 2.36. The first-order chi connectivity index (χ1) is 11.7. The van der Waals surface area contributed by atoms with E-state index in [9.17, 15) is 9.59 Å². The largest absolute Gasteiger partial charge is 0.354 e. The zero-order chi connectivity index (χ0) is 16.9. The van der Waals surface area contributed by atoms with E-state index in [4.69, 9.17) is 0 Å². The molecule has 2 saturated heterocycles. The quantitative estimate of drug-likeness (QED) is 0.804. The summed E-state index contributed by atoms with van der Waals surface area (Å²) in [5, 5.41) is 3.03. The Kier molecular flexibility index (Phi) is 5.30. The summed E-state index contributed by atoms with van der Waals surface area (Å²) in [7, 11) is 0. The Hall–Kier alpha value is -2.14. The molecule has 1 N–H and O–H groups in total. The minimum Gasteiger partial charge on any atom is -0.354 e. The molecule has 128 valence electrons. The molecule has 2 unspecified atom stereocenters. The molecule has 24 heavy (non-hydrogen) atoms. The Labute approximate surface area is 143 Å². The van der Waals surface area contributed by atoms with Crippen LogP contribution in [0.5, 0.6) is 0 Å². The first-order valence-corrected chi connectivity index (χ1v) is 8.64. The van der Waals surface area contributed by atoms with Gasteiger partial charge in [-0.15, -0.1) is 0 Å². The molecular formula is C19H25N3O2. The highest BCUT2D eigenvalue weighted by molar-refractivity contribution is 5.94. The highest BCUT2D eigenvalue weighted by atomic mass is 16.2. The number of carbonyl (C=O) groups excluding carboxylic acids is 2. The second kappa shape index (κ2) is 7.62. The molecule has 0 aromatic heterocycles. The number of hydrogen-bond donors (Lipinski definition) is 1. The lowest BCUT2D eigenvalue weighted by Crippen LogP contribution is -2.58. The molecule has 0 saturated carbocycles. The minimum atomic E-state index is -0.308. The third-order valence-corrected chi connectivity index (χ3v) is 4.96. The molecule has 0 radical (unpaired) electrons. The van der Waals surface area contributed by atoms with Gasteiger partial charge in [-0.3, -0.25) is 14.5 Å². The molecule has 2 aliphatic heterocycles. The van der Waals surface area contributed by atoms with Crippen molar-refractivity contribution in [3.8, 4) is 0 Å². The Morgan fingerprint density at radius 1 is 1.21 bits per heavy atom. The summed E-state index contributed by atoms with van der Waals surface area (Å²) >= 11 is 0. The van der Waals surface area contributed by atoms with Gasteiger partial charge in [0.15, 0.2) is 0 Å². The van der Waals surface area contributed by atoms with Gasteiger partial charge >= 0.3 is 0 Å². The summed E-state index contributed by atoms with van der Waals surface area (Å²) < 4.78 is 0. The zero-order valence-electron chi connectivity index (χ0n) is 14.0. The fourth-order valence-electron chi connectivity index (χ4n) is 3.47. The monoisotopic (exact) mass is 327 g/mol. The first kappa shape index (κ1) is 16.7. The summed E-state index contributed by atoms with van der Waals surface area (Å²) in [4.78, 5) is 27.9. The number of carbonyl (C=O) groups is 2. The van der Waals surface area contributed by atoms with Crippen molar-refractivity contribution in [3.05, 3.63) is 48.6 Å². The molecule has 2 aliphatic rings. The number of benzene rings is 1. The lowest BCUT2D eigenvalue weighted by Gasteiger charge is -2.39. The van der Waals surface area contributed by atoms with Gasteiger partial charge in [0.2, 0.25) is 11.8 Å². The van der Waals surface area contributed by atoms with Gasteiger partial charge < -0.3 is 10.2 Å². The minimum absolute atomic E-state index is 0.0297. The standard InChI is InChI=1S/C19H25N3O2/c1-2-18(23)22-11-9-17(22)19(24)20-12-16-8-10-21(14-16)13-15-6-4-3-5-7-15/h2-7,16-17H,1,8-14H2,(H,20,24). The van der Waals surface area contributed by atoms with Crippen LogP contribution in [-0.2, 0) is 16.1 Å². The average molecular weight is 327 g/mol. The molecule has 1 aromatic carbocycles. The Morgan fingerprint density at radius 3 is 2.67 bits per heavy atom.